The van der Waals surface area contributed by atoms with Crippen LogP contribution in [-0.4, -0.2) is 58.0 Å². The normalized spacial score (nSPS) is 14.9. The second kappa shape index (κ2) is 7.25. The van der Waals surface area contributed by atoms with Crippen LogP contribution in [0.5, 0.6) is 0 Å². The van der Waals surface area contributed by atoms with E-state index in [9.17, 15) is 18.8 Å². The Morgan fingerprint density at radius 3 is 2.16 bits per heavy atom. The zero-order valence-corrected chi connectivity index (χ0v) is 13.4. The number of aromatic amines is 1. The molecule has 7 nitrogen and oxygen atoms in total. The van der Waals surface area contributed by atoms with E-state index in [4.69, 9.17) is 0 Å². The molecule has 1 fully saturated rings. The van der Waals surface area contributed by atoms with Crippen molar-refractivity contribution in [2.24, 2.45) is 0 Å². The van der Waals surface area contributed by atoms with E-state index in [1.54, 1.807) is 9.80 Å². The molecule has 0 atom stereocenters. The molecule has 3 rings (SSSR count). The molecule has 1 aliphatic rings. The number of nitrogens with zero attached hydrogens (tertiary/aromatic N) is 3. The Kier molecular flexibility index (Phi) is 4.87. The summed E-state index contributed by atoms with van der Waals surface area (Å²) in [5.74, 6) is -0.860. The van der Waals surface area contributed by atoms with Crippen LogP contribution in [0.2, 0.25) is 0 Å². The van der Waals surface area contributed by atoms with Crippen molar-refractivity contribution in [3.8, 4) is 0 Å². The third kappa shape index (κ3) is 3.90. The molecule has 0 spiro atoms. The highest BCUT2D eigenvalue weighted by Gasteiger charge is 2.24. The number of carbonyl (C=O) groups is 2. The summed E-state index contributed by atoms with van der Waals surface area (Å²) < 4.78 is 13.0. The molecule has 0 radical (unpaired) electrons. The molecule has 1 saturated heterocycles. The van der Waals surface area contributed by atoms with E-state index in [0.29, 0.717) is 38.2 Å². The van der Waals surface area contributed by atoms with Crippen LogP contribution in [0.1, 0.15) is 27.3 Å². The van der Waals surface area contributed by atoms with E-state index in [2.05, 4.69) is 10.2 Å². The van der Waals surface area contributed by atoms with Gasteiger partial charge in [-0.15, -0.1) is 0 Å². The topological polar surface area (TPSA) is 86.4 Å². The molecular weight excluding hydrogens is 327 g/mol. The number of hydrogen-bond donors (Lipinski definition) is 1. The third-order valence-corrected chi connectivity index (χ3v) is 4.06. The van der Waals surface area contributed by atoms with Gasteiger partial charge in [0.1, 0.15) is 11.5 Å². The molecule has 1 aliphatic heterocycles. The van der Waals surface area contributed by atoms with Gasteiger partial charge in [0, 0.05) is 37.8 Å². The number of halogens is 1. The van der Waals surface area contributed by atoms with Gasteiger partial charge in [-0.3, -0.25) is 14.4 Å². The molecule has 1 N–H and O–H groups in total. The van der Waals surface area contributed by atoms with Crippen molar-refractivity contribution in [2.45, 2.75) is 6.42 Å². The molecule has 130 valence electrons. The first-order valence-corrected chi connectivity index (χ1v) is 7.94. The predicted molar refractivity (Wildman–Crippen MR) is 87.7 cm³/mol. The summed E-state index contributed by atoms with van der Waals surface area (Å²) in [5, 5.41) is 5.99. The van der Waals surface area contributed by atoms with Gasteiger partial charge in [-0.2, -0.15) is 5.10 Å². The van der Waals surface area contributed by atoms with Gasteiger partial charge in [-0.05, 0) is 36.8 Å². The molecule has 0 aliphatic carbocycles. The van der Waals surface area contributed by atoms with E-state index in [1.807, 2.05) is 0 Å². The SMILES string of the molecule is O=C(c1ccc(F)cc1)N1CCCN(C(=O)c2ccc(=O)[nH]n2)CC1. The van der Waals surface area contributed by atoms with E-state index >= 15 is 0 Å². The lowest BCUT2D eigenvalue weighted by Crippen LogP contribution is -2.37. The number of benzene rings is 1. The van der Waals surface area contributed by atoms with Crippen LogP contribution in [0.4, 0.5) is 4.39 Å². The Hall–Kier alpha value is -3.03. The molecule has 8 heteroatoms. The van der Waals surface area contributed by atoms with Gasteiger partial charge in [0.15, 0.2) is 0 Å². The highest BCUT2D eigenvalue weighted by atomic mass is 19.1. The monoisotopic (exact) mass is 344 g/mol. The van der Waals surface area contributed by atoms with Crippen molar-refractivity contribution in [1.82, 2.24) is 20.0 Å². The van der Waals surface area contributed by atoms with Crippen molar-refractivity contribution in [1.29, 1.82) is 0 Å². The largest absolute Gasteiger partial charge is 0.337 e. The van der Waals surface area contributed by atoms with Crippen molar-refractivity contribution in [2.75, 3.05) is 26.2 Å². The van der Waals surface area contributed by atoms with Crippen LogP contribution in [0, 0.1) is 5.82 Å². The average molecular weight is 344 g/mol. The van der Waals surface area contributed by atoms with Crippen LogP contribution in [0.3, 0.4) is 0 Å². The summed E-state index contributed by atoms with van der Waals surface area (Å²) in [6.07, 6.45) is 0.627. The molecule has 0 bridgehead atoms. The van der Waals surface area contributed by atoms with Crippen molar-refractivity contribution < 1.29 is 14.0 Å². The predicted octanol–water partition coefficient (Wildman–Crippen LogP) is 0.897. The first-order chi connectivity index (χ1) is 12.0. The van der Waals surface area contributed by atoms with Crippen LogP contribution < -0.4 is 5.56 Å². The lowest BCUT2D eigenvalue weighted by atomic mass is 10.2. The molecule has 2 amide bonds. The van der Waals surface area contributed by atoms with Gasteiger partial charge in [-0.1, -0.05) is 0 Å². The summed E-state index contributed by atoms with van der Waals surface area (Å²) in [4.78, 5) is 39.2. The van der Waals surface area contributed by atoms with Crippen molar-refractivity contribution >= 4 is 11.8 Å². The van der Waals surface area contributed by atoms with Gasteiger partial charge in [-0.25, -0.2) is 9.49 Å². The smallest absolute Gasteiger partial charge is 0.274 e. The first-order valence-electron chi connectivity index (χ1n) is 7.94. The van der Waals surface area contributed by atoms with E-state index < -0.39 is 5.82 Å². The molecule has 0 unspecified atom stereocenters. The molecule has 2 heterocycles. The van der Waals surface area contributed by atoms with Crippen molar-refractivity contribution in [3.63, 3.8) is 0 Å². The second-order valence-corrected chi connectivity index (χ2v) is 5.75. The maximum Gasteiger partial charge on any atom is 0.274 e. The Labute approximate surface area is 143 Å². The average Bonchev–Trinajstić information content (AvgIpc) is 2.88. The quantitative estimate of drug-likeness (QED) is 0.877. The molecule has 2 aromatic rings. The van der Waals surface area contributed by atoms with Crippen LogP contribution in [0.15, 0.2) is 41.2 Å². The van der Waals surface area contributed by atoms with Gasteiger partial charge in [0.2, 0.25) is 0 Å². The number of rotatable bonds is 2. The van der Waals surface area contributed by atoms with Gasteiger partial charge < -0.3 is 9.80 Å². The van der Waals surface area contributed by atoms with Crippen LogP contribution in [0.25, 0.3) is 0 Å². The number of hydrogen-bond acceptors (Lipinski definition) is 4. The summed E-state index contributed by atoms with van der Waals surface area (Å²) in [5.41, 5.74) is 0.213. The molecule has 0 saturated carbocycles. The minimum atomic E-state index is -0.391. The maximum absolute atomic E-state index is 13.0. The zero-order chi connectivity index (χ0) is 17.8. The number of amides is 2. The highest BCUT2D eigenvalue weighted by molar-refractivity contribution is 5.94. The Bertz CT molecular complexity index is 814. The number of nitrogens with one attached hydrogen (secondary N) is 1. The first kappa shape index (κ1) is 16.8. The number of carbonyl (C=O) groups excluding carboxylic acids is 2. The Morgan fingerprint density at radius 2 is 1.56 bits per heavy atom. The summed E-state index contributed by atoms with van der Waals surface area (Å²) in [6.45, 7) is 1.75. The summed E-state index contributed by atoms with van der Waals surface area (Å²) in [7, 11) is 0. The molecular formula is C17H17FN4O3. The third-order valence-electron chi connectivity index (χ3n) is 4.06. The van der Waals surface area contributed by atoms with Crippen LogP contribution >= 0.6 is 0 Å². The van der Waals surface area contributed by atoms with Gasteiger partial charge in [0.05, 0.1) is 0 Å². The summed E-state index contributed by atoms with van der Waals surface area (Å²) >= 11 is 0. The second-order valence-electron chi connectivity index (χ2n) is 5.75. The van der Waals surface area contributed by atoms with E-state index in [0.717, 1.165) is 0 Å². The number of aromatic nitrogens is 2. The maximum atomic E-state index is 13.0. The van der Waals surface area contributed by atoms with Crippen LogP contribution in [-0.2, 0) is 0 Å². The fourth-order valence-corrected chi connectivity index (χ4v) is 2.72. The Morgan fingerprint density at radius 1 is 0.920 bits per heavy atom. The number of H-pyrrole nitrogens is 1. The highest BCUT2D eigenvalue weighted by Crippen LogP contribution is 2.11. The zero-order valence-electron chi connectivity index (χ0n) is 13.4. The fourth-order valence-electron chi connectivity index (χ4n) is 2.72. The van der Waals surface area contributed by atoms with Crippen molar-refractivity contribution in [3.05, 3.63) is 63.8 Å². The summed E-state index contributed by atoms with van der Waals surface area (Å²) in [6, 6.07) is 8.05. The van der Waals surface area contributed by atoms with E-state index in [1.165, 1.54) is 36.4 Å². The molecule has 1 aromatic heterocycles. The molecule has 25 heavy (non-hydrogen) atoms. The van der Waals surface area contributed by atoms with E-state index in [-0.39, 0.29) is 23.1 Å². The van der Waals surface area contributed by atoms with Gasteiger partial charge >= 0.3 is 0 Å². The lowest BCUT2D eigenvalue weighted by Gasteiger charge is -2.22. The Balaban J connectivity index is 1.66. The molecule has 1 aromatic carbocycles. The minimum Gasteiger partial charge on any atom is -0.337 e. The van der Waals surface area contributed by atoms with Gasteiger partial charge in [0.25, 0.3) is 17.4 Å². The minimum absolute atomic E-state index is 0.165. The lowest BCUT2D eigenvalue weighted by molar-refractivity contribution is 0.0715. The fraction of sp³-hybridized carbons (Fsp3) is 0.294. The standard InChI is InChI=1S/C17H17FN4O3/c18-13-4-2-12(3-5-13)16(24)21-8-1-9-22(11-10-21)17(25)14-6-7-15(23)20-19-14/h2-7H,1,8-11H2,(H,20,23).